The van der Waals surface area contributed by atoms with Crippen molar-refractivity contribution in [3.63, 3.8) is 0 Å². The number of hydrogen-bond donors (Lipinski definition) is 1. The summed E-state index contributed by atoms with van der Waals surface area (Å²) in [4.78, 5) is 15.7. The summed E-state index contributed by atoms with van der Waals surface area (Å²) in [7, 11) is 0. The van der Waals surface area contributed by atoms with Crippen molar-refractivity contribution in [2.24, 2.45) is 4.99 Å². The zero-order valence-electron chi connectivity index (χ0n) is 9.25. The lowest BCUT2D eigenvalue weighted by atomic mass is 10.1. The van der Waals surface area contributed by atoms with Crippen LogP contribution in [0.4, 0.5) is 4.39 Å². The predicted molar refractivity (Wildman–Crippen MR) is 59.8 cm³/mol. The average Bonchev–Trinajstić information content (AvgIpc) is 2.44. The van der Waals surface area contributed by atoms with Crippen molar-refractivity contribution in [1.82, 2.24) is 5.32 Å². The van der Waals surface area contributed by atoms with Crippen LogP contribution in [0.3, 0.4) is 0 Å². The van der Waals surface area contributed by atoms with Crippen LogP contribution in [0.1, 0.15) is 19.4 Å². The van der Waals surface area contributed by atoms with Gasteiger partial charge in [-0.2, -0.15) is 0 Å². The van der Waals surface area contributed by atoms with E-state index in [4.69, 9.17) is 0 Å². The van der Waals surface area contributed by atoms with Gasteiger partial charge in [-0.1, -0.05) is 12.1 Å². The standard InChI is InChI=1S/C12H13FN2O/c1-12(2)11(16)14-10(15-12)7-8-3-5-9(13)6-4-8/h3-6H,7H2,1-2H3,(H,14,15,16). The molecule has 0 fully saturated rings. The lowest BCUT2D eigenvalue weighted by Gasteiger charge is -2.07. The highest BCUT2D eigenvalue weighted by molar-refractivity contribution is 6.08. The minimum absolute atomic E-state index is 0.0930. The maximum Gasteiger partial charge on any atom is 0.252 e. The molecule has 16 heavy (non-hydrogen) atoms. The summed E-state index contributed by atoms with van der Waals surface area (Å²) in [6.45, 7) is 3.53. The Morgan fingerprint density at radius 1 is 1.31 bits per heavy atom. The second-order valence-corrected chi connectivity index (χ2v) is 4.37. The van der Waals surface area contributed by atoms with E-state index >= 15 is 0 Å². The van der Waals surface area contributed by atoms with Crippen LogP contribution in [-0.2, 0) is 11.2 Å². The molecule has 0 saturated heterocycles. The van der Waals surface area contributed by atoms with Gasteiger partial charge in [0.05, 0.1) is 0 Å². The van der Waals surface area contributed by atoms with E-state index in [1.54, 1.807) is 26.0 Å². The fourth-order valence-electron chi connectivity index (χ4n) is 1.58. The number of rotatable bonds is 2. The Morgan fingerprint density at radius 3 is 2.44 bits per heavy atom. The van der Waals surface area contributed by atoms with Crippen LogP contribution in [0.5, 0.6) is 0 Å². The predicted octanol–water partition coefficient (Wildman–Crippen LogP) is 1.68. The second-order valence-electron chi connectivity index (χ2n) is 4.37. The van der Waals surface area contributed by atoms with E-state index in [-0.39, 0.29) is 11.7 Å². The third-order valence-electron chi connectivity index (χ3n) is 2.51. The van der Waals surface area contributed by atoms with Crippen molar-refractivity contribution < 1.29 is 9.18 Å². The molecular weight excluding hydrogens is 207 g/mol. The number of aliphatic imine (C=N–C) groups is 1. The van der Waals surface area contributed by atoms with Gasteiger partial charge < -0.3 is 5.32 Å². The number of amides is 1. The lowest BCUT2D eigenvalue weighted by Crippen LogP contribution is -2.34. The number of carbonyl (C=O) groups is 1. The number of nitrogens with one attached hydrogen (secondary N) is 1. The number of halogens is 1. The third-order valence-corrected chi connectivity index (χ3v) is 2.51. The van der Waals surface area contributed by atoms with Crippen molar-refractivity contribution in [3.8, 4) is 0 Å². The van der Waals surface area contributed by atoms with E-state index in [2.05, 4.69) is 10.3 Å². The molecule has 0 aliphatic carbocycles. The van der Waals surface area contributed by atoms with Crippen LogP contribution in [0.2, 0.25) is 0 Å². The SMILES string of the molecule is CC1(C)N=C(Cc2ccc(F)cc2)NC1=O. The number of carbonyl (C=O) groups excluding carboxylic acids is 1. The lowest BCUT2D eigenvalue weighted by molar-refractivity contribution is -0.122. The average molecular weight is 220 g/mol. The van der Waals surface area contributed by atoms with E-state index in [1.165, 1.54) is 12.1 Å². The van der Waals surface area contributed by atoms with E-state index in [1.807, 2.05) is 0 Å². The monoisotopic (exact) mass is 220 g/mol. The molecule has 0 spiro atoms. The highest BCUT2D eigenvalue weighted by Gasteiger charge is 2.33. The molecule has 1 amide bonds. The van der Waals surface area contributed by atoms with Gasteiger partial charge in [0, 0.05) is 6.42 Å². The summed E-state index contributed by atoms with van der Waals surface area (Å²) in [6.07, 6.45) is 0.523. The molecule has 1 aromatic rings. The fraction of sp³-hybridized carbons (Fsp3) is 0.333. The first-order valence-corrected chi connectivity index (χ1v) is 5.12. The van der Waals surface area contributed by atoms with Crippen molar-refractivity contribution >= 4 is 11.7 Å². The zero-order chi connectivity index (χ0) is 11.8. The molecule has 1 heterocycles. The molecule has 0 saturated carbocycles. The van der Waals surface area contributed by atoms with Gasteiger partial charge in [-0.05, 0) is 31.5 Å². The highest BCUT2D eigenvalue weighted by Crippen LogP contribution is 2.16. The largest absolute Gasteiger partial charge is 0.312 e. The molecule has 1 aliphatic rings. The summed E-state index contributed by atoms with van der Waals surface area (Å²) < 4.78 is 12.7. The van der Waals surface area contributed by atoms with Crippen LogP contribution >= 0.6 is 0 Å². The Morgan fingerprint density at radius 2 is 1.94 bits per heavy atom. The molecule has 0 bridgehead atoms. The highest BCUT2D eigenvalue weighted by atomic mass is 19.1. The van der Waals surface area contributed by atoms with Crippen LogP contribution in [0, 0.1) is 5.82 Å². The quantitative estimate of drug-likeness (QED) is 0.809. The summed E-state index contributed by atoms with van der Waals surface area (Å²) >= 11 is 0. The first-order valence-electron chi connectivity index (χ1n) is 5.12. The molecule has 1 aliphatic heterocycles. The Hall–Kier alpha value is -1.71. The van der Waals surface area contributed by atoms with Gasteiger partial charge in [-0.15, -0.1) is 0 Å². The summed E-state index contributed by atoms with van der Waals surface area (Å²) in [5.74, 6) is 0.285. The first kappa shape index (κ1) is 10.8. The van der Waals surface area contributed by atoms with Crippen LogP contribution in [0.15, 0.2) is 29.3 Å². The van der Waals surface area contributed by atoms with Gasteiger partial charge >= 0.3 is 0 Å². The number of benzene rings is 1. The van der Waals surface area contributed by atoms with Crippen LogP contribution < -0.4 is 5.32 Å². The van der Waals surface area contributed by atoms with Crippen molar-refractivity contribution in [1.29, 1.82) is 0 Å². The first-order chi connectivity index (χ1) is 7.47. The van der Waals surface area contributed by atoms with Crippen molar-refractivity contribution in [3.05, 3.63) is 35.6 Å². The summed E-state index contributed by atoms with van der Waals surface area (Å²) in [5.41, 5.74) is 0.244. The Balaban J connectivity index is 2.12. The molecule has 4 heteroatoms. The molecule has 0 unspecified atom stereocenters. The fourth-order valence-corrected chi connectivity index (χ4v) is 1.58. The summed E-state index contributed by atoms with van der Waals surface area (Å²) in [6, 6.07) is 6.18. The number of hydrogen-bond acceptors (Lipinski definition) is 2. The second kappa shape index (κ2) is 3.70. The Bertz CT molecular complexity index is 449. The molecule has 1 aromatic carbocycles. The maximum atomic E-state index is 12.7. The normalized spacial score (nSPS) is 18.2. The van der Waals surface area contributed by atoms with Gasteiger partial charge in [0.2, 0.25) is 0 Å². The minimum Gasteiger partial charge on any atom is -0.312 e. The van der Waals surface area contributed by atoms with Gasteiger partial charge in [0.25, 0.3) is 5.91 Å². The molecular formula is C12H13FN2O. The topological polar surface area (TPSA) is 41.5 Å². The molecule has 3 nitrogen and oxygen atoms in total. The molecule has 1 N–H and O–H groups in total. The summed E-state index contributed by atoms with van der Waals surface area (Å²) in [5, 5.41) is 2.72. The molecule has 0 aromatic heterocycles. The van der Waals surface area contributed by atoms with Crippen LogP contribution in [-0.4, -0.2) is 17.3 Å². The molecule has 0 radical (unpaired) electrons. The van der Waals surface area contributed by atoms with Gasteiger partial charge in [0.15, 0.2) is 0 Å². The van der Waals surface area contributed by atoms with Crippen molar-refractivity contribution in [2.45, 2.75) is 25.8 Å². The molecule has 2 rings (SSSR count). The van der Waals surface area contributed by atoms with Gasteiger partial charge in [-0.3, -0.25) is 9.79 Å². The molecule has 0 atom stereocenters. The number of nitrogens with zero attached hydrogens (tertiary/aromatic N) is 1. The van der Waals surface area contributed by atoms with Crippen LogP contribution in [0.25, 0.3) is 0 Å². The van der Waals surface area contributed by atoms with E-state index in [0.29, 0.717) is 12.3 Å². The Labute approximate surface area is 93.4 Å². The maximum absolute atomic E-state index is 12.7. The third kappa shape index (κ3) is 2.10. The van der Waals surface area contributed by atoms with E-state index < -0.39 is 5.54 Å². The number of amidine groups is 1. The zero-order valence-corrected chi connectivity index (χ0v) is 9.25. The van der Waals surface area contributed by atoms with Gasteiger partial charge in [-0.25, -0.2) is 4.39 Å². The molecule has 84 valence electrons. The Kier molecular flexibility index (Phi) is 2.50. The smallest absolute Gasteiger partial charge is 0.252 e. The minimum atomic E-state index is -0.685. The van der Waals surface area contributed by atoms with Gasteiger partial charge in [0.1, 0.15) is 17.2 Å². The van der Waals surface area contributed by atoms with Crippen molar-refractivity contribution in [2.75, 3.05) is 0 Å². The van der Waals surface area contributed by atoms with E-state index in [9.17, 15) is 9.18 Å². The van der Waals surface area contributed by atoms with E-state index in [0.717, 1.165) is 5.56 Å².